The molecule has 3 atom stereocenters. The zero-order valence-corrected chi connectivity index (χ0v) is 9.30. The summed E-state index contributed by atoms with van der Waals surface area (Å²) in [5.74, 6) is 0.139. The Morgan fingerprint density at radius 1 is 1.91 bits per heavy atom. The monoisotopic (exact) mass is 213 g/mol. The smallest absolute Gasteiger partial charge is 0.320 e. The molecule has 0 rings (SSSR count). The third-order valence-electron chi connectivity index (χ3n) is 1.24. The van der Waals surface area contributed by atoms with Crippen molar-refractivity contribution in [3.8, 4) is 0 Å². The largest absolute Gasteiger partial charge is 0.480 e. The van der Waals surface area contributed by atoms with Gasteiger partial charge in [-0.15, -0.1) is 20.3 Å². The van der Waals surface area contributed by atoms with E-state index in [0.717, 1.165) is 13.2 Å². The zero-order valence-electron chi connectivity index (χ0n) is 6.33. The van der Waals surface area contributed by atoms with E-state index >= 15 is 0 Å². The Kier molecular flexibility index (Phi) is 7.72. The van der Waals surface area contributed by atoms with E-state index in [0.29, 0.717) is 6.42 Å². The molecule has 0 saturated heterocycles. The number of hydrogen-bond acceptors (Lipinski definition) is 3. The summed E-state index contributed by atoms with van der Waals surface area (Å²) in [5, 5.41) is 11.3. The lowest BCUT2D eigenvalue weighted by atomic mass is 10.2. The zero-order chi connectivity index (χ0) is 8.69. The molecular weight excluding hydrogens is 200 g/mol. The first-order valence-corrected chi connectivity index (χ1v) is 7.71. The lowest BCUT2D eigenvalue weighted by Crippen LogP contribution is -2.34. The van der Waals surface area contributed by atoms with Crippen molar-refractivity contribution in [1.82, 2.24) is 5.32 Å². The molecule has 0 aromatic rings. The molecule has 6 heteroatoms. The van der Waals surface area contributed by atoms with Crippen molar-refractivity contribution in [2.45, 2.75) is 12.5 Å². The van der Waals surface area contributed by atoms with Crippen LogP contribution in [0.5, 0.6) is 0 Å². The quantitative estimate of drug-likeness (QED) is 0.513. The molecular formula is C5H13NO2P2S. The predicted octanol–water partition coefficient (Wildman–Crippen LogP) is 1.17. The molecule has 0 spiro atoms. The Hall–Kier alpha value is 0.640. The number of carboxylic acid groups (broad SMARTS) is 1. The molecule has 3 unspecified atom stereocenters. The van der Waals surface area contributed by atoms with Crippen LogP contribution in [0, 0.1) is 0 Å². The van der Waals surface area contributed by atoms with Crippen LogP contribution in [0.3, 0.4) is 0 Å². The molecule has 11 heavy (non-hydrogen) atoms. The van der Waals surface area contributed by atoms with Crippen LogP contribution in [0.2, 0.25) is 0 Å². The highest BCUT2D eigenvalue weighted by Crippen LogP contribution is 2.36. The van der Waals surface area contributed by atoms with Crippen molar-refractivity contribution in [3.63, 3.8) is 0 Å². The maximum atomic E-state index is 10.5. The van der Waals surface area contributed by atoms with Crippen LogP contribution < -0.4 is 5.32 Å². The van der Waals surface area contributed by atoms with Gasteiger partial charge in [-0.3, -0.25) is 4.79 Å². The van der Waals surface area contributed by atoms with Gasteiger partial charge in [0, 0.05) is 0 Å². The molecule has 3 nitrogen and oxygen atoms in total. The fraction of sp³-hybridized carbons (Fsp3) is 0.800. The van der Waals surface area contributed by atoms with Gasteiger partial charge in [-0.2, -0.15) is 0 Å². The van der Waals surface area contributed by atoms with Gasteiger partial charge in [0.25, 0.3) is 0 Å². The molecule has 0 aromatic heterocycles. The van der Waals surface area contributed by atoms with E-state index in [-0.39, 0.29) is 6.04 Å². The summed E-state index contributed by atoms with van der Waals surface area (Å²) in [4.78, 5) is 10.5. The second kappa shape index (κ2) is 7.30. The van der Waals surface area contributed by atoms with Gasteiger partial charge < -0.3 is 10.4 Å². The summed E-state index contributed by atoms with van der Waals surface area (Å²) in [6, 6.07) is -0.385. The fourth-order valence-corrected chi connectivity index (χ4v) is 2.87. The van der Waals surface area contributed by atoms with Gasteiger partial charge in [-0.05, 0) is 26.7 Å². The topological polar surface area (TPSA) is 49.3 Å². The van der Waals surface area contributed by atoms with Crippen molar-refractivity contribution in [3.05, 3.63) is 0 Å². The summed E-state index contributed by atoms with van der Waals surface area (Å²) in [6.07, 6.45) is 0.692. The first kappa shape index (κ1) is 11.6. The Labute approximate surface area is 74.7 Å². The highest BCUT2D eigenvalue weighted by molar-refractivity contribution is 8.64. The van der Waals surface area contributed by atoms with E-state index in [1.807, 2.05) is 0 Å². The lowest BCUT2D eigenvalue weighted by molar-refractivity contribution is -0.139. The molecule has 2 N–H and O–H groups in total. The number of aliphatic carboxylic acids is 1. The van der Waals surface area contributed by atoms with Crippen molar-refractivity contribution < 1.29 is 9.90 Å². The standard InChI is InChI=1S/C5H13NO2P2S/c1-6-4(5(7)8)2-3-11-10-9/h4,6,10H,2-3,9H2,1H3,(H,7,8). The van der Waals surface area contributed by atoms with E-state index in [4.69, 9.17) is 5.11 Å². The van der Waals surface area contributed by atoms with E-state index in [2.05, 4.69) is 14.2 Å². The Morgan fingerprint density at radius 3 is 2.91 bits per heavy atom. The lowest BCUT2D eigenvalue weighted by Gasteiger charge is -2.09. The molecule has 0 amide bonds. The van der Waals surface area contributed by atoms with Gasteiger partial charge in [0.15, 0.2) is 0 Å². The van der Waals surface area contributed by atoms with Gasteiger partial charge in [-0.1, -0.05) is 0 Å². The van der Waals surface area contributed by atoms with Crippen molar-refractivity contribution in [1.29, 1.82) is 0 Å². The van der Waals surface area contributed by atoms with Crippen molar-refractivity contribution in [2.75, 3.05) is 12.8 Å². The molecule has 0 aliphatic heterocycles. The number of likely N-dealkylation sites (N-methyl/N-ethyl adjacent to an activating group) is 1. The summed E-state index contributed by atoms with van der Waals surface area (Å²) >= 11 is 1.76. The first-order chi connectivity index (χ1) is 5.22. The molecule has 0 aromatic carbocycles. The number of rotatable bonds is 6. The van der Waals surface area contributed by atoms with Crippen LogP contribution in [-0.2, 0) is 4.79 Å². The summed E-state index contributed by atoms with van der Waals surface area (Å²) in [7, 11) is 5.06. The first-order valence-electron chi connectivity index (χ1n) is 3.19. The Bertz CT molecular complexity index is 125. The molecule has 0 aliphatic carbocycles. The average molecular weight is 213 g/mol. The van der Waals surface area contributed by atoms with Gasteiger partial charge in [0.2, 0.25) is 0 Å². The molecule has 0 radical (unpaired) electrons. The van der Waals surface area contributed by atoms with Gasteiger partial charge >= 0.3 is 5.97 Å². The molecule has 0 aliphatic rings. The number of nitrogens with one attached hydrogen (secondary N) is 1. The highest BCUT2D eigenvalue weighted by Gasteiger charge is 2.13. The molecule has 0 bridgehead atoms. The van der Waals surface area contributed by atoms with E-state index in [1.165, 1.54) is 0 Å². The highest BCUT2D eigenvalue weighted by atomic mass is 32.9. The normalized spacial score (nSPS) is 14.0. The van der Waals surface area contributed by atoms with Gasteiger partial charge in [0.05, 0.1) is 0 Å². The number of carboxylic acids is 1. The minimum Gasteiger partial charge on any atom is -0.480 e. The second-order valence-electron chi connectivity index (χ2n) is 1.93. The van der Waals surface area contributed by atoms with Crippen LogP contribution in [0.4, 0.5) is 0 Å². The third kappa shape index (κ3) is 5.86. The second-order valence-corrected chi connectivity index (χ2v) is 6.56. The van der Waals surface area contributed by atoms with E-state index in [1.54, 1.807) is 18.4 Å². The average Bonchev–Trinajstić information content (AvgIpc) is 1.97. The Balaban J connectivity index is 3.44. The Morgan fingerprint density at radius 2 is 2.55 bits per heavy atom. The van der Waals surface area contributed by atoms with Crippen LogP contribution in [0.1, 0.15) is 6.42 Å². The van der Waals surface area contributed by atoms with Crippen LogP contribution in [-0.4, -0.2) is 29.9 Å². The third-order valence-corrected chi connectivity index (χ3v) is 4.46. The van der Waals surface area contributed by atoms with Crippen LogP contribution in [0.15, 0.2) is 0 Å². The van der Waals surface area contributed by atoms with Crippen LogP contribution >= 0.6 is 27.8 Å². The molecule has 0 saturated carbocycles. The summed E-state index contributed by atoms with van der Waals surface area (Å²) in [6.45, 7) is 0. The predicted molar refractivity (Wildman–Crippen MR) is 55.6 cm³/mol. The summed E-state index contributed by atoms with van der Waals surface area (Å²) < 4.78 is 0. The minimum absolute atomic E-state index is 0.385. The fourth-order valence-electron chi connectivity index (χ4n) is 0.627. The minimum atomic E-state index is -0.764. The maximum absolute atomic E-state index is 10.5. The maximum Gasteiger partial charge on any atom is 0.320 e. The van der Waals surface area contributed by atoms with Crippen molar-refractivity contribution in [2.24, 2.45) is 0 Å². The van der Waals surface area contributed by atoms with Crippen molar-refractivity contribution >= 4 is 33.8 Å². The molecule has 66 valence electrons. The van der Waals surface area contributed by atoms with E-state index < -0.39 is 5.97 Å². The van der Waals surface area contributed by atoms with E-state index in [9.17, 15) is 4.79 Å². The molecule has 0 fully saturated rings. The van der Waals surface area contributed by atoms with Gasteiger partial charge in [0.1, 0.15) is 6.04 Å². The molecule has 0 heterocycles. The number of carbonyl (C=O) groups is 1. The summed E-state index contributed by atoms with van der Waals surface area (Å²) in [5.41, 5.74) is 0. The van der Waals surface area contributed by atoms with Crippen LogP contribution in [0.25, 0.3) is 0 Å². The SMILES string of the molecule is CNC(CCSPP)C(=O)O. The van der Waals surface area contributed by atoms with Gasteiger partial charge in [-0.25, -0.2) is 0 Å². The number of hydrogen-bond donors (Lipinski definition) is 2.